The van der Waals surface area contributed by atoms with Gasteiger partial charge >= 0.3 is 0 Å². The maximum absolute atomic E-state index is 12.4. The van der Waals surface area contributed by atoms with Crippen LogP contribution < -0.4 is 10.2 Å². The quantitative estimate of drug-likeness (QED) is 0.498. The number of para-hydroxylation sites is 1. The lowest BCUT2D eigenvalue weighted by molar-refractivity contribution is -0.121. The Kier molecular flexibility index (Phi) is 6.65. The van der Waals surface area contributed by atoms with Crippen LogP contribution in [0.1, 0.15) is 59.2 Å². The summed E-state index contributed by atoms with van der Waals surface area (Å²) in [6.07, 6.45) is 4.98. The number of nitrogens with zero attached hydrogens (tertiary/aromatic N) is 2. The molecule has 31 heavy (non-hydrogen) atoms. The van der Waals surface area contributed by atoms with Gasteiger partial charge in [-0.1, -0.05) is 36.8 Å². The second-order valence-electron chi connectivity index (χ2n) is 8.25. The summed E-state index contributed by atoms with van der Waals surface area (Å²) in [5.74, 6) is -0.351. The molecule has 1 saturated heterocycles. The van der Waals surface area contributed by atoms with Gasteiger partial charge in [0.05, 0.1) is 11.1 Å². The average Bonchev–Trinajstić information content (AvgIpc) is 3.37. The number of hydrogen-bond donors (Lipinski definition) is 1. The zero-order valence-electron chi connectivity index (χ0n) is 17.8. The number of imide groups is 1. The molecule has 2 aromatic carbocycles. The second-order valence-corrected chi connectivity index (χ2v) is 8.25. The Morgan fingerprint density at radius 1 is 0.903 bits per heavy atom. The highest BCUT2D eigenvalue weighted by Gasteiger charge is 2.34. The molecule has 0 saturated carbocycles. The minimum absolute atomic E-state index is 0.0700. The van der Waals surface area contributed by atoms with E-state index in [1.165, 1.54) is 10.6 Å². The maximum atomic E-state index is 12.4. The summed E-state index contributed by atoms with van der Waals surface area (Å²) in [5, 5.41) is 3.08. The number of carbonyl (C=O) groups is 3. The van der Waals surface area contributed by atoms with Crippen LogP contribution in [0.4, 0.5) is 5.69 Å². The van der Waals surface area contributed by atoms with Crippen LogP contribution in [0.3, 0.4) is 0 Å². The molecule has 2 heterocycles. The molecule has 162 valence electrons. The first-order valence-corrected chi connectivity index (χ1v) is 11.2. The molecule has 2 aromatic rings. The van der Waals surface area contributed by atoms with E-state index in [1.54, 1.807) is 24.3 Å². The Morgan fingerprint density at radius 3 is 2.29 bits per heavy atom. The van der Waals surface area contributed by atoms with Gasteiger partial charge in [0.1, 0.15) is 0 Å². The van der Waals surface area contributed by atoms with Gasteiger partial charge in [-0.3, -0.25) is 19.3 Å². The number of rotatable bonds is 9. The Hall–Kier alpha value is -3.15. The van der Waals surface area contributed by atoms with Gasteiger partial charge in [0.25, 0.3) is 11.8 Å². The summed E-state index contributed by atoms with van der Waals surface area (Å²) in [5.41, 5.74) is 2.19. The lowest BCUT2D eigenvalue weighted by Gasteiger charge is -2.27. The Morgan fingerprint density at radius 2 is 1.58 bits per heavy atom. The highest BCUT2D eigenvalue weighted by Crippen LogP contribution is 2.25. The van der Waals surface area contributed by atoms with E-state index in [1.807, 2.05) is 18.2 Å². The Bertz CT molecular complexity index is 909. The van der Waals surface area contributed by atoms with E-state index in [-0.39, 0.29) is 17.7 Å². The SMILES string of the molecule is O=C(CCCCCN1C(=O)c2ccccc2C1=O)NCC1CCCN1c1ccccc1. The maximum Gasteiger partial charge on any atom is 0.261 e. The van der Waals surface area contributed by atoms with Crippen LogP contribution in [0.5, 0.6) is 0 Å². The van der Waals surface area contributed by atoms with Crippen LogP contribution in [-0.2, 0) is 4.79 Å². The van der Waals surface area contributed by atoms with E-state index >= 15 is 0 Å². The Balaban J connectivity index is 1.14. The summed E-state index contributed by atoms with van der Waals surface area (Å²) >= 11 is 0. The molecule has 6 nitrogen and oxygen atoms in total. The van der Waals surface area contributed by atoms with Crippen LogP contribution in [0.2, 0.25) is 0 Å². The number of nitrogens with one attached hydrogen (secondary N) is 1. The van der Waals surface area contributed by atoms with Crippen LogP contribution in [0.25, 0.3) is 0 Å². The van der Waals surface area contributed by atoms with Gasteiger partial charge in [0, 0.05) is 37.8 Å². The molecule has 0 bridgehead atoms. The monoisotopic (exact) mass is 419 g/mol. The van der Waals surface area contributed by atoms with Crippen LogP contribution >= 0.6 is 0 Å². The van der Waals surface area contributed by atoms with Gasteiger partial charge in [-0.25, -0.2) is 0 Å². The third kappa shape index (κ3) is 4.79. The number of amides is 3. The fourth-order valence-electron chi connectivity index (χ4n) is 4.50. The van der Waals surface area contributed by atoms with E-state index in [0.29, 0.717) is 43.1 Å². The van der Waals surface area contributed by atoms with Gasteiger partial charge in [-0.15, -0.1) is 0 Å². The molecule has 6 heteroatoms. The van der Waals surface area contributed by atoms with Crippen molar-refractivity contribution in [3.8, 4) is 0 Å². The number of carbonyl (C=O) groups excluding carboxylic acids is 3. The largest absolute Gasteiger partial charge is 0.367 e. The fourth-order valence-corrected chi connectivity index (χ4v) is 4.50. The van der Waals surface area contributed by atoms with Crippen molar-refractivity contribution in [1.82, 2.24) is 10.2 Å². The molecule has 1 atom stereocenters. The van der Waals surface area contributed by atoms with Crippen molar-refractivity contribution in [3.05, 3.63) is 65.7 Å². The molecule has 0 spiro atoms. The Labute approximate surface area is 183 Å². The molecule has 0 aliphatic carbocycles. The molecular weight excluding hydrogens is 390 g/mol. The fraction of sp³-hybridized carbons (Fsp3) is 0.400. The van der Waals surface area contributed by atoms with Crippen LogP contribution in [-0.4, -0.2) is 48.3 Å². The summed E-state index contributed by atoms with van der Waals surface area (Å²) in [6.45, 7) is 2.10. The summed E-state index contributed by atoms with van der Waals surface area (Å²) in [6, 6.07) is 17.6. The molecule has 1 unspecified atom stereocenters. The molecule has 0 aromatic heterocycles. The topological polar surface area (TPSA) is 69.7 Å². The minimum atomic E-state index is -0.210. The highest BCUT2D eigenvalue weighted by atomic mass is 16.2. The predicted molar refractivity (Wildman–Crippen MR) is 120 cm³/mol. The average molecular weight is 420 g/mol. The van der Waals surface area contributed by atoms with E-state index < -0.39 is 0 Å². The van der Waals surface area contributed by atoms with Gasteiger partial charge in [0.2, 0.25) is 5.91 Å². The smallest absolute Gasteiger partial charge is 0.261 e. The number of unbranched alkanes of at least 4 members (excludes halogenated alkanes) is 2. The first-order chi connectivity index (χ1) is 15.1. The third-order valence-electron chi connectivity index (χ3n) is 6.16. The van der Waals surface area contributed by atoms with Crippen molar-refractivity contribution in [3.63, 3.8) is 0 Å². The van der Waals surface area contributed by atoms with Gasteiger partial charge in [-0.2, -0.15) is 0 Å². The van der Waals surface area contributed by atoms with Gasteiger partial charge in [0.15, 0.2) is 0 Å². The van der Waals surface area contributed by atoms with E-state index in [2.05, 4.69) is 22.3 Å². The lowest BCUT2D eigenvalue weighted by atomic mass is 10.1. The van der Waals surface area contributed by atoms with Crippen molar-refractivity contribution in [2.24, 2.45) is 0 Å². The predicted octanol–water partition coefficient (Wildman–Crippen LogP) is 3.63. The number of benzene rings is 2. The van der Waals surface area contributed by atoms with Crippen molar-refractivity contribution >= 4 is 23.4 Å². The zero-order valence-corrected chi connectivity index (χ0v) is 17.8. The highest BCUT2D eigenvalue weighted by molar-refractivity contribution is 6.21. The normalized spacial score (nSPS) is 17.9. The third-order valence-corrected chi connectivity index (χ3v) is 6.16. The summed E-state index contributed by atoms with van der Waals surface area (Å²) in [4.78, 5) is 40.7. The molecule has 0 radical (unpaired) electrons. The minimum Gasteiger partial charge on any atom is -0.367 e. The molecule has 1 fully saturated rings. The van der Waals surface area contributed by atoms with Crippen molar-refractivity contribution < 1.29 is 14.4 Å². The lowest BCUT2D eigenvalue weighted by Crippen LogP contribution is -2.40. The first kappa shape index (κ1) is 21.1. The second kappa shape index (κ2) is 9.77. The molecule has 4 rings (SSSR count). The number of hydrogen-bond acceptors (Lipinski definition) is 4. The first-order valence-electron chi connectivity index (χ1n) is 11.2. The molecule has 3 amide bonds. The molecule has 2 aliphatic heterocycles. The van der Waals surface area contributed by atoms with Crippen molar-refractivity contribution in [2.75, 3.05) is 24.5 Å². The van der Waals surface area contributed by atoms with Crippen molar-refractivity contribution in [1.29, 1.82) is 0 Å². The van der Waals surface area contributed by atoms with E-state index in [9.17, 15) is 14.4 Å². The van der Waals surface area contributed by atoms with E-state index in [0.717, 1.165) is 32.2 Å². The zero-order chi connectivity index (χ0) is 21.6. The van der Waals surface area contributed by atoms with Gasteiger partial charge in [-0.05, 0) is 49.9 Å². The molecule has 1 N–H and O–H groups in total. The van der Waals surface area contributed by atoms with Crippen LogP contribution in [0, 0.1) is 0 Å². The molecule has 2 aliphatic rings. The van der Waals surface area contributed by atoms with Crippen LogP contribution in [0.15, 0.2) is 54.6 Å². The number of anilines is 1. The van der Waals surface area contributed by atoms with E-state index in [4.69, 9.17) is 0 Å². The molecular formula is C25H29N3O3. The van der Waals surface area contributed by atoms with Gasteiger partial charge < -0.3 is 10.2 Å². The summed E-state index contributed by atoms with van der Waals surface area (Å²) < 4.78 is 0. The summed E-state index contributed by atoms with van der Waals surface area (Å²) in [7, 11) is 0. The van der Waals surface area contributed by atoms with Crippen molar-refractivity contribution in [2.45, 2.75) is 44.6 Å². The number of fused-ring (bicyclic) bond motifs is 1. The standard InChI is InChI=1S/C25H29N3O3/c29-23(26-18-20-12-9-17-27(20)19-10-3-1-4-11-19)15-5-2-8-16-28-24(30)21-13-6-7-14-22(21)25(28)31/h1,3-4,6-7,10-11,13-14,20H,2,5,8-9,12,15-18H2,(H,26,29).